The van der Waals surface area contributed by atoms with Gasteiger partial charge in [0.25, 0.3) is 0 Å². The minimum Gasteiger partial charge on any atom is -0.467 e. The third kappa shape index (κ3) is 5.49. The summed E-state index contributed by atoms with van der Waals surface area (Å²) in [5.41, 5.74) is 0. The average Bonchev–Trinajstić information content (AvgIpc) is 1.98. The summed E-state index contributed by atoms with van der Waals surface area (Å²) in [6.07, 6.45) is 0. The van der Waals surface area contributed by atoms with E-state index in [1.54, 1.807) is 0 Å². The summed E-state index contributed by atoms with van der Waals surface area (Å²) in [5, 5.41) is 6.83. The van der Waals surface area contributed by atoms with Crippen molar-refractivity contribution in [3.8, 4) is 0 Å². The zero-order valence-corrected chi connectivity index (χ0v) is 8.63. The molecule has 0 rings (SSSR count). The van der Waals surface area contributed by atoms with Crippen molar-refractivity contribution in [2.75, 3.05) is 12.9 Å². The Morgan fingerprint density at radius 1 is 1.50 bits per heavy atom. The fourth-order valence-corrected chi connectivity index (χ4v) is 1.47. The molecular formula is C6H12N2O5S. The number of methoxy groups -OCH3 is 1. The van der Waals surface area contributed by atoms with Gasteiger partial charge in [-0.25, -0.2) is 18.4 Å². The van der Waals surface area contributed by atoms with Crippen LogP contribution in [0.5, 0.6) is 0 Å². The van der Waals surface area contributed by atoms with Gasteiger partial charge >= 0.3 is 5.97 Å². The number of hydrogen-bond donors (Lipinski definition) is 2. The van der Waals surface area contributed by atoms with Crippen molar-refractivity contribution in [1.29, 1.82) is 0 Å². The molecule has 0 aromatic carbocycles. The summed E-state index contributed by atoms with van der Waals surface area (Å²) in [7, 11) is -2.76. The fraction of sp³-hybridized carbons (Fsp3) is 0.667. The Balaban J connectivity index is 4.56. The molecule has 0 bridgehead atoms. The Morgan fingerprint density at radius 2 is 2.00 bits per heavy atom. The molecule has 0 aliphatic heterocycles. The summed E-state index contributed by atoms with van der Waals surface area (Å²) in [6, 6.07) is -1.26. The molecule has 0 saturated carbocycles. The van der Waals surface area contributed by atoms with Crippen molar-refractivity contribution in [3.63, 3.8) is 0 Å². The Labute approximate surface area is 81.7 Å². The normalized spacial score (nSPS) is 13.1. The summed E-state index contributed by atoms with van der Waals surface area (Å²) in [4.78, 5) is 21.6. The van der Waals surface area contributed by atoms with Gasteiger partial charge in [0.2, 0.25) is 15.9 Å². The van der Waals surface area contributed by atoms with Crippen molar-refractivity contribution in [1.82, 2.24) is 5.32 Å². The maximum atomic E-state index is 11.0. The Morgan fingerprint density at radius 3 is 2.29 bits per heavy atom. The molecule has 0 saturated heterocycles. The van der Waals surface area contributed by atoms with Crippen molar-refractivity contribution in [2.45, 2.75) is 13.0 Å². The molecule has 1 unspecified atom stereocenters. The maximum Gasteiger partial charge on any atom is 0.329 e. The van der Waals surface area contributed by atoms with E-state index in [1.807, 2.05) is 0 Å². The van der Waals surface area contributed by atoms with Gasteiger partial charge in [-0.15, -0.1) is 0 Å². The van der Waals surface area contributed by atoms with Crippen LogP contribution >= 0.6 is 0 Å². The highest BCUT2D eigenvalue weighted by atomic mass is 32.2. The third-order valence-corrected chi connectivity index (χ3v) is 2.06. The molecule has 0 radical (unpaired) electrons. The van der Waals surface area contributed by atoms with Gasteiger partial charge in [-0.05, 0) is 0 Å². The molecule has 8 heteroatoms. The lowest BCUT2D eigenvalue weighted by Crippen LogP contribution is -2.46. The van der Waals surface area contributed by atoms with Crippen molar-refractivity contribution >= 4 is 21.9 Å². The van der Waals surface area contributed by atoms with Crippen LogP contribution in [0.3, 0.4) is 0 Å². The second-order valence-corrected chi connectivity index (χ2v) is 4.26. The highest BCUT2D eigenvalue weighted by Crippen LogP contribution is 1.92. The van der Waals surface area contributed by atoms with E-state index in [1.165, 1.54) is 0 Å². The first-order chi connectivity index (χ1) is 6.26. The SMILES string of the molecule is COC(=O)C(CS(N)(=O)=O)NC(C)=O. The number of primary sulfonamides is 1. The number of nitrogens with two attached hydrogens (primary N) is 1. The van der Waals surface area contributed by atoms with E-state index in [9.17, 15) is 18.0 Å². The van der Waals surface area contributed by atoms with Crippen LogP contribution in [0.25, 0.3) is 0 Å². The quantitative estimate of drug-likeness (QED) is 0.533. The van der Waals surface area contributed by atoms with Gasteiger partial charge in [0, 0.05) is 6.92 Å². The van der Waals surface area contributed by atoms with Crippen LogP contribution in [0.15, 0.2) is 0 Å². The molecule has 0 aliphatic carbocycles. The molecule has 14 heavy (non-hydrogen) atoms. The second-order valence-electron chi connectivity index (χ2n) is 2.61. The van der Waals surface area contributed by atoms with E-state index < -0.39 is 33.7 Å². The highest BCUT2D eigenvalue weighted by molar-refractivity contribution is 7.89. The molecule has 0 heterocycles. The predicted octanol–water partition coefficient (Wildman–Crippen LogP) is -2.05. The predicted molar refractivity (Wildman–Crippen MR) is 47.6 cm³/mol. The number of carbonyl (C=O) groups is 2. The summed E-state index contributed by atoms with van der Waals surface area (Å²) in [5.74, 6) is -2.07. The smallest absolute Gasteiger partial charge is 0.329 e. The van der Waals surface area contributed by atoms with Gasteiger partial charge in [-0.2, -0.15) is 0 Å². The first-order valence-corrected chi connectivity index (χ1v) is 5.33. The Bertz CT molecular complexity index is 323. The van der Waals surface area contributed by atoms with E-state index >= 15 is 0 Å². The minimum atomic E-state index is -3.84. The molecule has 0 fully saturated rings. The largest absolute Gasteiger partial charge is 0.467 e. The highest BCUT2D eigenvalue weighted by Gasteiger charge is 2.24. The number of nitrogens with one attached hydrogen (secondary N) is 1. The molecule has 3 N–H and O–H groups in total. The van der Waals surface area contributed by atoms with E-state index in [0.29, 0.717) is 0 Å². The fourth-order valence-electron chi connectivity index (χ4n) is 0.789. The van der Waals surface area contributed by atoms with E-state index in [2.05, 4.69) is 10.1 Å². The van der Waals surface area contributed by atoms with Crippen LogP contribution in [0.4, 0.5) is 0 Å². The number of amides is 1. The second kappa shape index (κ2) is 4.91. The Kier molecular flexibility index (Phi) is 4.51. The third-order valence-electron chi connectivity index (χ3n) is 1.26. The number of ether oxygens (including phenoxy) is 1. The summed E-state index contributed by atoms with van der Waals surface area (Å²) >= 11 is 0. The van der Waals surface area contributed by atoms with Gasteiger partial charge in [0.15, 0.2) is 0 Å². The van der Waals surface area contributed by atoms with Gasteiger partial charge in [-0.1, -0.05) is 0 Å². The molecule has 82 valence electrons. The molecule has 0 aromatic heterocycles. The number of sulfonamides is 1. The zero-order valence-electron chi connectivity index (χ0n) is 7.81. The van der Waals surface area contributed by atoms with E-state index in [0.717, 1.165) is 14.0 Å². The number of hydrogen-bond acceptors (Lipinski definition) is 5. The summed E-state index contributed by atoms with van der Waals surface area (Å²) in [6.45, 7) is 1.15. The topological polar surface area (TPSA) is 116 Å². The van der Waals surface area contributed by atoms with Crippen LogP contribution in [0, 0.1) is 0 Å². The van der Waals surface area contributed by atoms with Crippen molar-refractivity contribution in [2.24, 2.45) is 5.14 Å². The lowest BCUT2D eigenvalue weighted by atomic mass is 10.3. The van der Waals surface area contributed by atoms with Crippen molar-refractivity contribution in [3.05, 3.63) is 0 Å². The van der Waals surface area contributed by atoms with E-state index in [4.69, 9.17) is 5.14 Å². The average molecular weight is 224 g/mol. The van der Waals surface area contributed by atoms with Gasteiger partial charge in [0.05, 0.1) is 12.9 Å². The maximum absolute atomic E-state index is 11.0. The van der Waals surface area contributed by atoms with Gasteiger partial charge in [0.1, 0.15) is 6.04 Å². The molecule has 0 aliphatic rings. The first-order valence-electron chi connectivity index (χ1n) is 3.61. The van der Waals surface area contributed by atoms with Crippen LogP contribution in [0.1, 0.15) is 6.92 Å². The lowest BCUT2D eigenvalue weighted by Gasteiger charge is -2.13. The molecule has 7 nitrogen and oxygen atoms in total. The van der Waals surface area contributed by atoms with Gasteiger partial charge in [-0.3, -0.25) is 4.79 Å². The molecule has 1 atom stereocenters. The number of esters is 1. The molecule has 1 amide bonds. The summed E-state index contributed by atoms with van der Waals surface area (Å²) < 4.78 is 25.6. The lowest BCUT2D eigenvalue weighted by molar-refractivity contribution is -0.144. The van der Waals surface area contributed by atoms with Crippen molar-refractivity contribution < 1.29 is 22.7 Å². The number of rotatable bonds is 4. The van der Waals surface area contributed by atoms with Crippen LogP contribution in [-0.2, 0) is 24.3 Å². The van der Waals surface area contributed by atoms with Crippen LogP contribution < -0.4 is 10.5 Å². The minimum absolute atomic E-state index is 0.538. The Hall–Kier alpha value is -1.15. The molecular weight excluding hydrogens is 212 g/mol. The van der Waals surface area contributed by atoms with Crippen LogP contribution in [-0.4, -0.2) is 39.2 Å². The standard InChI is InChI=1S/C6H12N2O5S/c1-4(9)8-5(6(10)13-2)3-14(7,11)12/h5H,3H2,1-2H3,(H,8,9)(H2,7,11,12). The first kappa shape index (κ1) is 12.8. The van der Waals surface area contributed by atoms with Gasteiger partial charge < -0.3 is 10.1 Å². The van der Waals surface area contributed by atoms with Crippen LogP contribution in [0.2, 0.25) is 0 Å². The molecule has 0 aromatic rings. The van der Waals surface area contributed by atoms with E-state index in [-0.39, 0.29) is 0 Å². The molecule has 0 spiro atoms. The monoisotopic (exact) mass is 224 g/mol. The zero-order chi connectivity index (χ0) is 11.4. The number of carbonyl (C=O) groups excluding carboxylic acids is 2.